The van der Waals surface area contributed by atoms with Crippen molar-refractivity contribution < 1.29 is 28.9 Å². The normalized spacial score (nSPS) is 36.3. The van der Waals surface area contributed by atoms with Crippen LogP contribution in [-0.2, 0) is 23.8 Å². The lowest BCUT2D eigenvalue weighted by molar-refractivity contribution is -0.170. The van der Waals surface area contributed by atoms with E-state index < -0.39 is 23.3 Å². The van der Waals surface area contributed by atoms with Gasteiger partial charge in [-0.2, -0.15) is 0 Å². The number of rotatable bonds is 1. The minimum absolute atomic E-state index is 0.00267. The van der Waals surface area contributed by atoms with Crippen LogP contribution in [0.1, 0.15) is 26.2 Å². The summed E-state index contributed by atoms with van der Waals surface area (Å²) >= 11 is 0. The molecule has 2 fully saturated rings. The van der Waals surface area contributed by atoms with Crippen molar-refractivity contribution >= 4 is 11.8 Å². The number of fused-ring (bicyclic) bond motifs is 2. The summed E-state index contributed by atoms with van der Waals surface area (Å²) in [6.07, 6.45) is 3.11. The molecule has 6 nitrogen and oxygen atoms in total. The third kappa shape index (κ3) is 1.60. The van der Waals surface area contributed by atoms with Crippen LogP contribution in [0.15, 0.2) is 22.8 Å². The van der Waals surface area contributed by atoms with Crippen molar-refractivity contribution in [1.82, 2.24) is 0 Å². The van der Waals surface area contributed by atoms with Gasteiger partial charge in [0, 0.05) is 17.6 Å². The molecule has 4 rings (SSSR count). The Morgan fingerprint density at radius 3 is 2.73 bits per heavy atom. The highest BCUT2D eigenvalue weighted by molar-refractivity contribution is 6.05. The lowest BCUT2D eigenvalue weighted by Crippen LogP contribution is -2.52. The number of ketones is 1. The molecule has 2 aliphatic carbocycles. The molecule has 2 atom stereocenters. The van der Waals surface area contributed by atoms with Crippen molar-refractivity contribution in [3.8, 4) is 0 Å². The fourth-order valence-corrected chi connectivity index (χ4v) is 3.92. The Kier molecular flexibility index (Phi) is 2.89. The maximum Gasteiger partial charge on any atom is 0.342 e. The molecule has 0 aromatic heterocycles. The summed E-state index contributed by atoms with van der Waals surface area (Å²) in [6.45, 7) is 2.67. The van der Waals surface area contributed by atoms with E-state index in [1.54, 1.807) is 13.0 Å². The van der Waals surface area contributed by atoms with Gasteiger partial charge in [-0.1, -0.05) is 6.92 Å². The molecule has 0 aromatic rings. The van der Waals surface area contributed by atoms with Gasteiger partial charge in [-0.05, 0) is 24.5 Å². The summed E-state index contributed by atoms with van der Waals surface area (Å²) in [5, 5.41) is 10.7. The molecule has 0 saturated carbocycles. The number of ether oxygens (including phenoxy) is 3. The molecule has 1 spiro atoms. The van der Waals surface area contributed by atoms with E-state index in [4.69, 9.17) is 14.2 Å². The van der Waals surface area contributed by atoms with Crippen LogP contribution in [0.2, 0.25) is 0 Å². The third-order valence-corrected chi connectivity index (χ3v) is 5.19. The number of carbonyl (C=O) groups is 2. The Balaban J connectivity index is 1.85. The highest BCUT2D eigenvalue weighted by Gasteiger charge is 2.56. The lowest BCUT2D eigenvalue weighted by Gasteiger charge is -2.39. The van der Waals surface area contributed by atoms with Crippen molar-refractivity contribution in [3.63, 3.8) is 0 Å². The Morgan fingerprint density at radius 2 is 2.05 bits per heavy atom. The van der Waals surface area contributed by atoms with Gasteiger partial charge >= 0.3 is 5.97 Å². The van der Waals surface area contributed by atoms with Crippen LogP contribution in [0, 0.1) is 5.92 Å². The van der Waals surface area contributed by atoms with Crippen molar-refractivity contribution in [2.24, 2.45) is 5.92 Å². The van der Waals surface area contributed by atoms with E-state index in [-0.39, 0.29) is 18.8 Å². The number of cyclic esters (lactones) is 1. The summed E-state index contributed by atoms with van der Waals surface area (Å²) in [5.74, 6) is -2.23. The molecule has 22 heavy (non-hydrogen) atoms. The maximum absolute atomic E-state index is 12.8. The minimum Gasteiger partial charge on any atom is -0.462 e. The van der Waals surface area contributed by atoms with E-state index in [0.29, 0.717) is 42.8 Å². The molecule has 6 heteroatoms. The SMILES string of the molecule is CCC1(O)C(=O)OCC2C(=O)C3=C(C=C21)C1(CC3)OCCO1. The molecular formula is C16H18O6. The first kappa shape index (κ1) is 14.1. The first-order valence-electron chi connectivity index (χ1n) is 7.69. The summed E-state index contributed by atoms with van der Waals surface area (Å²) < 4.78 is 16.6. The Bertz CT molecular complexity index is 625. The second-order valence-electron chi connectivity index (χ2n) is 6.17. The van der Waals surface area contributed by atoms with E-state index in [2.05, 4.69) is 0 Å². The van der Waals surface area contributed by atoms with Gasteiger partial charge in [-0.15, -0.1) is 0 Å². The molecule has 2 saturated heterocycles. The number of hydrogen-bond acceptors (Lipinski definition) is 6. The lowest BCUT2D eigenvalue weighted by atomic mass is 9.73. The number of allylic oxidation sites excluding steroid dienone is 1. The van der Waals surface area contributed by atoms with Crippen molar-refractivity contribution in [2.75, 3.05) is 19.8 Å². The Morgan fingerprint density at radius 1 is 1.32 bits per heavy atom. The molecule has 2 heterocycles. The van der Waals surface area contributed by atoms with Crippen molar-refractivity contribution in [3.05, 3.63) is 22.8 Å². The Labute approximate surface area is 127 Å². The molecule has 2 aliphatic heterocycles. The topological polar surface area (TPSA) is 82.1 Å². The number of hydrogen-bond donors (Lipinski definition) is 1. The molecule has 0 aromatic carbocycles. The van der Waals surface area contributed by atoms with Crippen LogP contribution in [0.3, 0.4) is 0 Å². The van der Waals surface area contributed by atoms with E-state index >= 15 is 0 Å². The zero-order valence-corrected chi connectivity index (χ0v) is 12.4. The van der Waals surface area contributed by atoms with E-state index in [9.17, 15) is 14.7 Å². The summed E-state index contributed by atoms with van der Waals surface area (Å²) in [7, 11) is 0. The van der Waals surface area contributed by atoms with Gasteiger partial charge in [0.15, 0.2) is 17.2 Å². The number of carbonyl (C=O) groups excluding carboxylic acids is 2. The monoisotopic (exact) mass is 306 g/mol. The molecule has 2 unspecified atom stereocenters. The molecule has 0 bridgehead atoms. The van der Waals surface area contributed by atoms with Crippen LogP contribution < -0.4 is 0 Å². The van der Waals surface area contributed by atoms with Crippen LogP contribution in [-0.4, -0.2) is 48.1 Å². The predicted molar refractivity (Wildman–Crippen MR) is 73.7 cm³/mol. The average Bonchev–Trinajstić information content (AvgIpc) is 3.13. The smallest absolute Gasteiger partial charge is 0.342 e. The number of Topliss-reactive ketones (excluding diaryl/α,β-unsaturated/α-hetero) is 1. The van der Waals surface area contributed by atoms with Gasteiger partial charge in [0.1, 0.15) is 6.61 Å². The highest BCUT2D eigenvalue weighted by Crippen LogP contribution is 2.49. The number of esters is 1. The van der Waals surface area contributed by atoms with Crippen LogP contribution >= 0.6 is 0 Å². The van der Waals surface area contributed by atoms with Gasteiger partial charge < -0.3 is 19.3 Å². The second-order valence-corrected chi connectivity index (χ2v) is 6.17. The van der Waals surface area contributed by atoms with Crippen LogP contribution in [0.5, 0.6) is 0 Å². The fourth-order valence-electron chi connectivity index (χ4n) is 3.92. The number of aliphatic hydroxyl groups is 1. The first-order valence-corrected chi connectivity index (χ1v) is 7.69. The van der Waals surface area contributed by atoms with Crippen molar-refractivity contribution in [1.29, 1.82) is 0 Å². The minimum atomic E-state index is -1.74. The molecule has 118 valence electrons. The Hall–Kier alpha value is -1.50. The zero-order chi connectivity index (χ0) is 15.5. The fraction of sp³-hybridized carbons (Fsp3) is 0.625. The van der Waals surface area contributed by atoms with E-state index in [1.165, 1.54) is 0 Å². The summed E-state index contributed by atoms with van der Waals surface area (Å²) in [5.41, 5.74) is 0.0599. The molecule has 4 aliphatic rings. The first-order chi connectivity index (χ1) is 10.5. The predicted octanol–water partition coefficient (Wildman–Crippen LogP) is 0.643. The van der Waals surface area contributed by atoms with Crippen LogP contribution in [0.4, 0.5) is 0 Å². The van der Waals surface area contributed by atoms with Gasteiger partial charge in [-0.3, -0.25) is 4.79 Å². The van der Waals surface area contributed by atoms with Gasteiger partial charge in [-0.25, -0.2) is 4.79 Å². The third-order valence-electron chi connectivity index (χ3n) is 5.19. The molecule has 0 amide bonds. The van der Waals surface area contributed by atoms with Gasteiger partial charge in [0.2, 0.25) is 0 Å². The quantitative estimate of drug-likeness (QED) is 0.716. The van der Waals surface area contributed by atoms with Crippen molar-refractivity contribution in [2.45, 2.75) is 37.6 Å². The van der Waals surface area contributed by atoms with E-state index in [0.717, 1.165) is 0 Å². The van der Waals surface area contributed by atoms with Gasteiger partial charge in [0.05, 0.1) is 19.1 Å². The second kappa shape index (κ2) is 4.50. The molecular weight excluding hydrogens is 288 g/mol. The highest BCUT2D eigenvalue weighted by atomic mass is 16.7. The molecule has 0 radical (unpaired) electrons. The zero-order valence-electron chi connectivity index (χ0n) is 12.4. The summed E-state index contributed by atoms with van der Waals surface area (Å²) in [6, 6.07) is 0. The van der Waals surface area contributed by atoms with E-state index in [1.807, 2.05) is 0 Å². The standard InChI is InChI=1S/C16H18O6/c1-2-15(19)11-7-12-9(3-4-16(12)21-5-6-22-16)13(17)10(11)8-20-14(15)18/h7,10,19H,2-6,8H2,1H3. The largest absolute Gasteiger partial charge is 0.462 e. The maximum atomic E-state index is 12.8. The average molecular weight is 306 g/mol. The van der Waals surface area contributed by atoms with Crippen LogP contribution in [0.25, 0.3) is 0 Å². The summed E-state index contributed by atoms with van der Waals surface area (Å²) in [4.78, 5) is 24.8. The van der Waals surface area contributed by atoms with Gasteiger partial charge in [0.25, 0.3) is 0 Å². The molecule has 1 N–H and O–H groups in total.